The van der Waals surface area contributed by atoms with Crippen molar-refractivity contribution in [2.75, 3.05) is 25.1 Å². The monoisotopic (exact) mass is 376 g/mol. The van der Waals surface area contributed by atoms with Crippen molar-refractivity contribution in [3.05, 3.63) is 70.6 Å². The summed E-state index contributed by atoms with van der Waals surface area (Å²) in [6.45, 7) is 5.06. The lowest BCUT2D eigenvalue weighted by atomic mass is 9.94. The van der Waals surface area contributed by atoms with Gasteiger partial charge in [-0.1, -0.05) is 25.5 Å². The molecule has 1 saturated heterocycles. The van der Waals surface area contributed by atoms with Gasteiger partial charge in [-0.15, -0.1) is 0 Å². The van der Waals surface area contributed by atoms with E-state index in [2.05, 4.69) is 30.0 Å². The topological polar surface area (TPSA) is 34.5 Å². The van der Waals surface area contributed by atoms with Gasteiger partial charge in [-0.3, -0.25) is 4.79 Å². The fourth-order valence-electron chi connectivity index (χ4n) is 4.12. The second-order valence-corrected chi connectivity index (χ2v) is 7.71. The Morgan fingerprint density at radius 1 is 1.04 bits per heavy atom. The minimum atomic E-state index is 0.0598. The van der Waals surface area contributed by atoms with E-state index in [0.717, 1.165) is 41.1 Å². The van der Waals surface area contributed by atoms with Gasteiger partial charge in [0, 0.05) is 30.4 Å². The van der Waals surface area contributed by atoms with Gasteiger partial charge in [0.25, 0.3) is 5.56 Å². The summed E-state index contributed by atoms with van der Waals surface area (Å²) in [5.74, 6) is 1.69. The number of methoxy groups -OCH3 is 1. The largest absolute Gasteiger partial charge is 0.497 e. The van der Waals surface area contributed by atoms with Crippen LogP contribution in [0.25, 0.3) is 10.8 Å². The summed E-state index contributed by atoms with van der Waals surface area (Å²) in [5.41, 5.74) is 2.37. The van der Waals surface area contributed by atoms with E-state index in [-0.39, 0.29) is 5.56 Å². The molecule has 146 valence electrons. The highest BCUT2D eigenvalue weighted by molar-refractivity contribution is 5.85. The predicted octanol–water partition coefficient (Wildman–Crippen LogP) is 4.68. The summed E-state index contributed by atoms with van der Waals surface area (Å²) in [4.78, 5) is 15.4. The third kappa shape index (κ3) is 3.77. The Hall–Kier alpha value is -2.75. The zero-order chi connectivity index (χ0) is 19.5. The van der Waals surface area contributed by atoms with Crippen molar-refractivity contribution >= 4 is 16.5 Å². The highest BCUT2D eigenvalue weighted by atomic mass is 16.5. The van der Waals surface area contributed by atoms with E-state index in [1.807, 2.05) is 36.5 Å². The maximum atomic E-state index is 13.0. The van der Waals surface area contributed by atoms with Crippen LogP contribution in [0, 0.1) is 5.92 Å². The molecule has 1 aliphatic heterocycles. The molecule has 0 amide bonds. The maximum absolute atomic E-state index is 13.0. The molecule has 4 nitrogen and oxygen atoms in total. The molecule has 0 unspecified atom stereocenters. The van der Waals surface area contributed by atoms with E-state index >= 15 is 0 Å². The van der Waals surface area contributed by atoms with Gasteiger partial charge in [0.05, 0.1) is 13.7 Å². The molecule has 0 atom stereocenters. The van der Waals surface area contributed by atoms with Gasteiger partial charge in [-0.2, -0.15) is 0 Å². The summed E-state index contributed by atoms with van der Waals surface area (Å²) in [6, 6.07) is 16.2. The lowest BCUT2D eigenvalue weighted by molar-refractivity contribution is 0.395. The number of aromatic nitrogens is 1. The van der Waals surface area contributed by atoms with E-state index in [4.69, 9.17) is 4.74 Å². The lowest BCUT2D eigenvalue weighted by Crippen LogP contribution is -2.33. The van der Waals surface area contributed by atoms with E-state index in [1.165, 1.54) is 24.9 Å². The summed E-state index contributed by atoms with van der Waals surface area (Å²) in [5, 5.41) is 1.80. The van der Waals surface area contributed by atoms with Crippen LogP contribution in [0.5, 0.6) is 5.75 Å². The van der Waals surface area contributed by atoms with Crippen LogP contribution in [0.15, 0.2) is 59.5 Å². The second kappa shape index (κ2) is 8.09. The van der Waals surface area contributed by atoms with Crippen LogP contribution < -0.4 is 15.2 Å². The average Bonchev–Trinajstić information content (AvgIpc) is 2.76. The number of ether oxygens (including phenoxy) is 1. The van der Waals surface area contributed by atoms with Crippen LogP contribution in [-0.4, -0.2) is 24.8 Å². The van der Waals surface area contributed by atoms with Crippen molar-refractivity contribution < 1.29 is 4.74 Å². The van der Waals surface area contributed by atoms with Gasteiger partial charge in [0.15, 0.2) is 0 Å². The maximum Gasteiger partial charge on any atom is 0.258 e. The van der Waals surface area contributed by atoms with Gasteiger partial charge in [-0.25, -0.2) is 0 Å². The summed E-state index contributed by atoms with van der Waals surface area (Å²) in [7, 11) is 1.66. The molecular weight excluding hydrogens is 348 g/mol. The quantitative estimate of drug-likeness (QED) is 0.648. The minimum absolute atomic E-state index is 0.0598. The number of rotatable bonds is 5. The Morgan fingerprint density at radius 2 is 1.79 bits per heavy atom. The van der Waals surface area contributed by atoms with Crippen LogP contribution >= 0.6 is 0 Å². The molecule has 2 aromatic carbocycles. The zero-order valence-corrected chi connectivity index (χ0v) is 16.7. The Kier molecular flexibility index (Phi) is 5.38. The molecule has 3 aromatic rings. The number of anilines is 1. The number of hydrogen-bond donors (Lipinski definition) is 0. The molecule has 1 aliphatic rings. The highest BCUT2D eigenvalue weighted by Crippen LogP contribution is 2.27. The highest BCUT2D eigenvalue weighted by Gasteiger charge is 2.18. The molecule has 28 heavy (non-hydrogen) atoms. The van der Waals surface area contributed by atoms with Crippen molar-refractivity contribution in [2.45, 2.75) is 32.7 Å². The van der Waals surface area contributed by atoms with E-state index in [9.17, 15) is 4.79 Å². The lowest BCUT2D eigenvalue weighted by Gasteiger charge is -2.33. The van der Waals surface area contributed by atoms with Crippen LogP contribution in [0.1, 0.15) is 31.7 Å². The number of benzene rings is 2. The molecule has 0 bridgehead atoms. The molecule has 0 radical (unpaired) electrons. The number of pyridine rings is 1. The SMILES string of the molecule is CCC1CCN(c2ccc3c(=O)n(Cc4ccc(OC)cc4)ccc3c2)CC1. The molecule has 1 fully saturated rings. The Balaban J connectivity index is 1.56. The minimum Gasteiger partial charge on any atom is -0.497 e. The van der Waals surface area contributed by atoms with Crippen molar-refractivity contribution in [3.8, 4) is 5.75 Å². The summed E-state index contributed by atoms with van der Waals surface area (Å²) < 4.78 is 6.98. The van der Waals surface area contributed by atoms with Crippen molar-refractivity contribution in [1.82, 2.24) is 4.57 Å². The fourth-order valence-corrected chi connectivity index (χ4v) is 4.12. The molecule has 0 aliphatic carbocycles. The molecule has 0 saturated carbocycles. The smallest absolute Gasteiger partial charge is 0.258 e. The van der Waals surface area contributed by atoms with Crippen molar-refractivity contribution in [3.63, 3.8) is 0 Å². The number of nitrogens with zero attached hydrogens (tertiary/aromatic N) is 2. The second-order valence-electron chi connectivity index (χ2n) is 7.71. The molecule has 0 spiro atoms. The Bertz CT molecular complexity index is 999. The first-order chi connectivity index (χ1) is 13.7. The van der Waals surface area contributed by atoms with Crippen molar-refractivity contribution in [1.29, 1.82) is 0 Å². The van der Waals surface area contributed by atoms with E-state index in [0.29, 0.717) is 6.54 Å². The molecule has 2 heterocycles. The number of hydrogen-bond acceptors (Lipinski definition) is 3. The fraction of sp³-hybridized carbons (Fsp3) is 0.375. The van der Waals surface area contributed by atoms with Crippen LogP contribution in [-0.2, 0) is 6.54 Å². The predicted molar refractivity (Wildman–Crippen MR) is 116 cm³/mol. The third-order valence-electron chi connectivity index (χ3n) is 6.03. The first kappa shape index (κ1) is 18.6. The average molecular weight is 377 g/mol. The Morgan fingerprint density at radius 3 is 2.46 bits per heavy atom. The van der Waals surface area contributed by atoms with Crippen LogP contribution in [0.2, 0.25) is 0 Å². The summed E-state index contributed by atoms with van der Waals surface area (Å²) >= 11 is 0. The first-order valence-corrected chi connectivity index (χ1v) is 10.2. The standard InChI is InChI=1S/C24H28N2O2/c1-3-18-10-13-25(14-11-18)21-6-9-23-20(16-21)12-15-26(24(23)27)17-19-4-7-22(28-2)8-5-19/h4-9,12,15-16,18H,3,10-11,13-14,17H2,1-2H3. The van der Waals surface area contributed by atoms with Crippen molar-refractivity contribution in [2.24, 2.45) is 5.92 Å². The van der Waals surface area contributed by atoms with Gasteiger partial charge < -0.3 is 14.2 Å². The van der Waals surface area contributed by atoms with E-state index in [1.54, 1.807) is 11.7 Å². The van der Waals surface area contributed by atoms with Gasteiger partial charge >= 0.3 is 0 Å². The molecule has 1 aromatic heterocycles. The molecule has 0 N–H and O–H groups in total. The zero-order valence-electron chi connectivity index (χ0n) is 16.7. The molecule has 4 heteroatoms. The third-order valence-corrected chi connectivity index (χ3v) is 6.03. The van der Waals surface area contributed by atoms with E-state index < -0.39 is 0 Å². The first-order valence-electron chi connectivity index (χ1n) is 10.2. The summed E-state index contributed by atoms with van der Waals surface area (Å²) in [6.07, 6.45) is 5.71. The van der Waals surface area contributed by atoms with Crippen LogP contribution in [0.4, 0.5) is 5.69 Å². The van der Waals surface area contributed by atoms with Crippen LogP contribution in [0.3, 0.4) is 0 Å². The molecular formula is C24H28N2O2. The molecule has 4 rings (SSSR count). The Labute approximate surface area is 166 Å². The van der Waals surface area contributed by atoms with Gasteiger partial charge in [-0.05, 0) is 66.1 Å². The number of piperidine rings is 1. The normalized spacial score (nSPS) is 15.1. The van der Waals surface area contributed by atoms with Gasteiger partial charge in [0.2, 0.25) is 0 Å². The van der Waals surface area contributed by atoms with Gasteiger partial charge in [0.1, 0.15) is 5.75 Å². The number of fused-ring (bicyclic) bond motifs is 1.